The SMILES string of the molecule is CC(=O)CCC1(C=O)C=C(C)CC(C)(C)C1. The van der Waals surface area contributed by atoms with Crippen LogP contribution in [0, 0.1) is 10.8 Å². The van der Waals surface area contributed by atoms with E-state index in [9.17, 15) is 9.59 Å². The minimum Gasteiger partial charge on any atom is -0.302 e. The number of allylic oxidation sites excluding steroid dienone is 2. The van der Waals surface area contributed by atoms with Crippen LogP contribution in [0.3, 0.4) is 0 Å². The Hall–Kier alpha value is -0.920. The number of aldehydes is 1. The molecule has 16 heavy (non-hydrogen) atoms. The van der Waals surface area contributed by atoms with Gasteiger partial charge in [0.2, 0.25) is 0 Å². The van der Waals surface area contributed by atoms with Crippen LogP contribution in [0.25, 0.3) is 0 Å². The zero-order chi connectivity index (χ0) is 12.4. The first-order valence-corrected chi connectivity index (χ1v) is 5.93. The molecule has 0 spiro atoms. The maximum Gasteiger partial charge on any atom is 0.129 e. The summed E-state index contributed by atoms with van der Waals surface area (Å²) in [5.74, 6) is 0.163. The van der Waals surface area contributed by atoms with Crippen molar-refractivity contribution in [1.82, 2.24) is 0 Å². The highest BCUT2D eigenvalue weighted by Gasteiger charge is 2.38. The van der Waals surface area contributed by atoms with Gasteiger partial charge in [-0.15, -0.1) is 0 Å². The lowest BCUT2D eigenvalue weighted by Gasteiger charge is -2.39. The Morgan fingerprint density at radius 1 is 1.50 bits per heavy atom. The van der Waals surface area contributed by atoms with Crippen LogP contribution in [-0.4, -0.2) is 12.1 Å². The molecule has 1 aliphatic rings. The fourth-order valence-electron chi connectivity index (χ4n) is 3.01. The standard InChI is InChI=1S/C14H22O2/c1-11-7-13(3,4)9-14(8-11,10-15)6-5-12(2)16/h8,10H,5-7,9H2,1-4H3. The van der Waals surface area contributed by atoms with Crippen molar-refractivity contribution in [2.45, 2.75) is 53.4 Å². The van der Waals surface area contributed by atoms with E-state index in [1.54, 1.807) is 6.92 Å². The van der Waals surface area contributed by atoms with E-state index in [0.29, 0.717) is 12.8 Å². The van der Waals surface area contributed by atoms with Gasteiger partial charge in [0.25, 0.3) is 0 Å². The predicted octanol–water partition coefficient (Wildman–Crippen LogP) is 3.31. The quantitative estimate of drug-likeness (QED) is 0.540. The normalized spacial score (nSPS) is 28.4. The van der Waals surface area contributed by atoms with E-state index in [1.165, 1.54) is 5.57 Å². The van der Waals surface area contributed by atoms with Gasteiger partial charge in [-0.1, -0.05) is 25.5 Å². The van der Waals surface area contributed by atoms with Gasteiger partial charge in [-0.25, -0.2) is 0 Å². The van der Waals surface area contributed by atoms with E-state index >= 15 is 0 Å². The van der Waals surface area contributed by atoms with Gasteiger partial charge in [0.1, 0.15) is 12.1 Å². The molecule has 0 saturated carbocycles. The molecule has 0 aromatic heterocycles. The third kappa shape index (κ3) is 3.29. The average molecular weight is 222 g/mol. The lowest BCUT2D eigenvalue weighted by atomic mass is 9.64. The number of Topliss-reactive ketones (excluding diaryl/α,β-unsaturated/α-hetero) is 1. The third-order valence-corrected chi connectivity index (χ3v) is 3.28. The maximum atomic E-state index is 11.4. The number of carbonyl (C=O) groups excluding carboxylic acids is 2. The topological polar surface area (TPSA) is 34.1 Å². The molecule has 1 unspecified atom stereocenters. The highest BCUT2D eigenvalue weighted by atomic mass is 16.1. The van der Waals surface area contributed by atoms with Crippen molar-refractivity contribution in [3.05, 3.63) is 11.6 Å². The van der Waals surface area contributed by atoms with Crippen molar-refractivity contribution in [2.75, 3.05) is 0 Å². The third-order valence-electron chi connectivity index (χ3n) is 3.28. The summed E-state index contributed by atoms with van der Waals surface area (Å²) in [6.45, 7) is 8.04. The van der Waals surface area contributed by atoms with Crippen molar-refractivity contribution in [1.29, 1.82) is 0 Å². The molecule has 90 valence electrons. The summed E-state index contributed by atoms with van der Waals surface area (Å²) in [5, 5.41) is 0. The Balaban J connectivity index is 2.90. The molecule has 0 heterocycles. The lowest BCUT2D eigenvalue weighted by Crippen LogP contribution is -2.33. The minimum atomic E-state index is -0.405. The second-order valence-electron chi connectivity index (χ2n) is 6.06. The van der Waals surface area contributed by atoms with Crippen LogP contribution in [0.2, 0.25) is 0 Å². The van der Waals surface area contributed by atoms with Crippen molar-refractivity contribution in [3.63, 3.8) is 0 Å². The van der Waals surface area contributed by atoms with Crippen molar-refractivity contribution >= 4 is 12.1 Å². The lowest BCUT2D eigenvalue weighted by molar-refractivity contribution is -0.119. The molecule has 0 aromatic rings. The zero-order valence-electron chi connectivity index (χ0n) is 10.8. The molecule has 0 aromatic carbocycles. The number of ketones is 1. The zero-order valence-corrected chi connectivity index (χ0v) is 10.8. The Labute approximate surface area is 98.1 Å². The first-order chi connectivity index (χ1) is 7.29. The molecule has 0 bridgehead atoms. The number of rotatable bonds is 4. The van der Waals surface area contributed by atoms with Crippen molar-refractivity contribution < 1.29 is 9.59 Å². The largest absolute Gasteiger partial charge is 0.302 e. The molecule has 0 aliphatic heterocycles. The summed E-state index contributed by atoms with van der Waals surface area (Å²) >= 11 is 0. The summed E-state index contributed by atoms with van der Waals surface area (Å²) in [7, 11) is 0. The highest BCUT2D eigenvalue weighted by Crippen LogP contribution is 2.46. The van der Waals surface area contributed by atoms with E-state index in [-0.39, 0.29) is 11.2 Å². The van der Waals surface area contributed by atoms with E-state index in [4.69, 9.17) is 0 Å². The smallest absolute Gasteiger partial charge is 0.129 e. The van der Waals surface area contributed by atoms with Crippen LogP contribution in [-0.2, 0) is 9.59 Å². The molecule has 1 rings (SSSR count). The fourth-order valence-corrected chi connectivity index (χ4v) is 3.01. The Bertz CT molecular complexity index is 326. The van der Waals surface area contributed by atoms with Crippen LogP contribution in [0.1, 0.15) is 53.4 Å². The average Bonchev–Trinajstić information content (AvgIpc) is 2.11. The van der Waals surface area contributed by atoms with Crippen LogP contribution in [0.15, 0.2) is 11.6 Å². The van der Waals surface area contributed by atoms with E-state index in [1.807, 2.05) is 0 Å². The molecular weight excluding hydrogens is 200 g/mol. The van der Waals surface area contributed by atoms with Gasteiger partial charge in [0.15, 0.2) is 0 Å². The number of hydrogen-bond acceptors (Lipinski definition) is 2. The van der Waals surface area contributed by atoms with Gasteiger partial charge in [0, 0.05) is 11.8 Å². The highest BCUT2D eigenvalue weighted by molar-refractivity contribution is 5.76. The first kappa shape index (κ1) is 13.1. The van der Waals surface area contributed by atoms with Crippen LogP contribution < -0.4 is 0 Å². The number of hydrogen-bond donors (Lipinski definition) is 0. The molecule has 0 saturated heterocycles. The molecular formula is C14H22O2. The molecule has 0 amide bonds. The molecule has 1 aliphatic carbocycles. The van der Waals surface area contributed by atoms with Gasteiger partial charge in [-0.2, -0.15) is 0 Å². The second-order valence-corrected chi connectivity index (χ2v) is 6.06. The molecule has 0 N–H and O–H groups in total. The summed E-state index contributed by atoms with van der Waals surface area (Å²) in [6, 6.07) is 0. The number of carbonyl (C=O) groups is 2. The minimum absolute atomic E-state index is 0.163. The summed E-state index contributed by atoms with van der Waals surface area (Å²) < 4.78 is 0. The van der Waals surface area contributed by atoms with Crippen LogP contribution in [0.4, 0.5) is 0 Å². The molecule has 0 radical (unpaired) electrons. The maximum absolute atomic E-state index is 11.4. The Kier molecular flexibility index (Phi) is 3.72. The molecule has 0 fully saturated rings. The van der Waals surface area contributed by atoms with Gasteiger partial charge >= 0.3 is 0 Å². The first-order valence-electron chi connectivity index (χ1n) is 5.93. The molecule has 1 atom stereocenters. The van der Waals surface area contributed by atoms with Crippen LogP contribution in [0.5, 0.6) is 0 Å². The summed E-state index contributed by atoms with van der Waals surface area (Å²) in [4.78, 5) is 22.4. The predicted molar refractivity (Wildman–Crippen MR) is 65.2 cm³/mol. The van der Waals surface area contributed by atoms with Gasteiger partial charge in [-0.3, -0.25) is 0 Å². The van der Waals surface area contributed by atoms with Gasteiger partial charge < -0.3 is 9.59 Å². The van der Waals surface area contributed by atoms with Gasteiger partial charge in [-0.05, 0) is 38.5 Å². The summed E-state index contributed by atoms with van der Waals surface area (Å²) in [6.07, 6.45) is 6.18. The van der Waals surface area contributed by atoms with Crippen LogP contribution >= 0.6 is 0 Å². The van der Waals surface area contributed by atoms with E-state index < -0.39 is 5.41 Å². The van der Waals surface area contributed by atoms with Crippen molar-refractivity contribution in [3.8, 4) is 0 Å². The van der Waals surface area contributed by atoms with Gasteiger partial charge in [0.05, 0.1) is 0 Å². The second kappa shape index (κ2) is 4.52. The molecule has 2 nitrogen and oxygen atoms in total. The van der Waals surface area contributed by atoms with E-state index in [0.717, 1.165) is 19.1 Å². The fraction of sp³-hybridized carbons (Fsp3) is 0.714. The Morgan fingerprint density at radius 3 is 2.56 bits per heavy atom. The Morgan fingerprint density at radius 2 is 2.12 bits per heavy atom. The molecule has 2 heteroatoms. The van der Waals surface area contributed by atoms with Crippen molar-refractivity contribution in [2.24, 2.45) is 10.8 Å². The summed E-state index contributed by atoms with van der Waals surface area (Å²) in [5.41, 5.74) is 1.03. The van der Waals surface area contributed by atoms with E-state index in [2.05, 4.69) is 26.8 Å². The monoisotopic (exact) mass is 222 g/mol.